The van der Waals surface area contributed by atoms with Gasteiger partial charge in [0, 0.05) is 23.1 Å². The van der Waals surface area contributed by atoms with Gasteiger partial charge in [0.1, 0.15) is 0 Å². The maximum atomic E-state index is 11.9. The molecule has 1 atom stereocenters. The first kappa shape index (κ1) is 13.7. The van der Waals surface area contributed by atoms with E-state index >= 15 is 0 Å². The molecule has 1 aromatic carbocycles. The molecule has 0 radical (unpaired) electrons. The standard InChI is InChI=1S/C13H15NO4S/c15-12(14-10-3-4-10)7-8-19(18)11-5-1-9(2-6-11)13(16)17/h1-2,5-6,10H,3-4,7-8H2,(H,14,15)(H,16,17). The molecule has 1 fully saturated rings. The summed E-state index contributed by atoms with van der Waals surface area (Å²) in [6, 6.07) is 6.20. The quantitative estimate of drug-likeness (QED) is 0.819. The van der Waals surface area contributed by atoms with Crippen LogP contribution in [0, 0.1) is 0 Å². The lowest BCUT2D eigenvalue weighted by Crippen LogP contribution is -2.26. The number of carbonyl (C=O) groups excluding carboxylic acids is 1. The number of hydrogen-bond donors (Lipinski definition) is 2. The van der Waals surface area contributed by atoms with Crippen LogP contribution in [-0.2, 0) is 15.6 Å². The Bertz CT molecular complexity index is 508. The summed E-state index contributed by atoms with van der Waals surface area (Å²) in [6.07, 6.45) is 2.29. The topological polar surface area (TPSA) is 83.5 Å². The number of amides is 1. The molecule has 19 heavy (non-hydrogen) atoms. The number of rotatable bonds is 6. The molecule has 1 aliphatic carbocycles. The van der Waals surface area contributed by atoms with E-state index in [1.54, 1.807) is 0 Å². The van der Waals surface area contributed by atoms with Crippen LogP contribution >= 0.6 is 0 Å². The number of aromatic carboxylic acids is 1. The van der Waals surface area contributed by atoms with E-state index in [9.17, 15) is 13.8 Å². The molecule has 0 bridgehead atoms. The first-order valence-corrected chi connectivity index (χ1v) is 7.39. The largest absolute Gasteiger partial charge is 0.478 e. The Morgan fingerprint density at radius 3 is 2.42 bits per heavy atom. The number of nitrogens with one attached hydrogen (secondary N) is 1. The molecular formula is C13H15NO4S. The van der Waals surface area contributed by atoms with Gasteiger partial charge in [-0.1, -0.05) is 0 Å². The van der Waals surface area contributed by atoms with Crippen molar-refractivity contribution in [1.29, 1.82) is 0 Å². The van der Waals surface area contributed by atoms with Crippen LogP contribution in [0.5, 0.6) is 0 Å². The molecule has 1 unspecified atom stereocenters. The van der Waals surface area contributed by atoms with E-state index < -0.39 is 16.8 Å². The van der Waals surface area contributed by atoms with Crippen LogP contribution in [0.1, 0.15) is 29.6 Å². The molecule has 0 aromatic heterocycles. The van der Waals surface area contributed by atoms with E-state index in [1.165, 1.54) is 24.3 Å². The van der Waals surface area contributed by atoms with Crippen molar-refractivity contribution in [1.82, 2.24) is 5.32 Å². The molecular weight excluding hydrogens is 266 g/mol. The number of carboxylic acid groups (broad SMARTS) is 1. The number of carbonyl (C=O) groups is 2. The van der Waals surface area contributed by atoms with Gasteiger partial charge in [-0.05, 0) is 37.1 Å². The second-order valence-corrected chi connectivity index (χ2v) is 6.04. The van der Waals surface area contributed by atoms with Crippen LogP contribution in [-0.4, -0.2) is 33.0 Å². The third-order valence-electron chi connectivity index (χ3n) is 2.82. The second kappa shape index (κ2) is 5.97. The van der Waals surface area contributed by atoms with Gasteiger partial charge in [0.05, 0.1) is 16.4 Å². The van der Waals surface area contributed by atoms with Crippen molar-refractivity contribution in [2.75, 3.05) is 5.75 Å². The van der Waals surface area contributed by atoms with Crippen molar-refractivity contribution >= 4 is 22.7 Å². The Hall–Kier alpha value is -1.69. The van der Waals surface area contributed by atoms with Gasteiger partial charge in [-0.2, -0.15) is 0 Å². The third kappa shape index (κ3) is 4.17. The highest BCUT2D eigenvalue weighted by Gasteiger charge is 2.23. The summed E-state index contributed by atoms with van der Waals surface area (Å²) >= 11 is 0. The molecule has 0 saturated heterocycles. The molecule has 6 heteroatoms. The minimum atomic E-state index is -1.27. The average Bonchev–Trinajstić information content (AvgIpc) is 3.20. The Kier molecular flexibility index (Phi) is 4.31. The molecule has 2 rings (SSSR count). The summed E-state index contributed by atoms with van der Waals surface area (Å²) in [4.78, 5) is 22.7. The maximum Gasteiger partial charge on any atom is 0.335 e. The van der Waals surface area contributed by atoms with Crippen molar-refractivity contribution < 1.29 is 18.9 Å². The second-order valence-electron chi connectivity index (χ2n) is 4.47. The van der Waals surface area contributed by atoms with Crippen LogP contribution in [0.4, 0.5) is 0 Å². The zero-order valence-corrected chi connectivity index (χ0v) is 11.1. The highest BCUT2D eigenvalue weighted by Crippen LogP contribution is 2.18. The van der Waals surface area contributed by atoms with Gasteiger partial charge in [0.15, 0.2) is 0 Å². The molecule has 2 N–H and O–H groups in total. The molecule has 1 aliphatic rings. The molecule has 0 aliphatic heterocycles. The number of carboxylic acids is 1. The van der Waals surface area contributed by atoms with Gasteiger partial charge in [0.2, 0.25) is 5.91 Å². The monoisotopic (exact) mass is 281 g/mol. The predicted octanol–water partition coefficient (Wildman–Crippen LogP) is 1.16. The fourth-order valence-electron chi connectivity index (χ4n) is 1.58. The summed E-state index contributed by atoms with van der Waals surface area (Å²) < 4.78 is 11.9. The molecule has 102 valence electrons. The van der Waals surface area contributed by atoms with Gasteiger partial charge in [0.25, 0.3) is 0 Å². The van der Waals surface area contributed by atoms with Gasteiger partial charge >= 0.3 is 5.97 Å². The number of hydrogen-bond acceptors (Lipinski definition) is 3. The Morgan fingerprint density at radius 1 is 1.26 bits per heavy atom. The van der Waals surface area contributed by atoms with Crippen molar-refractivity contribution in [3.8, 4) is 0 Å². The van der Waals surface area contributed by atoms with Crippen LogP contribution in [0.2, 0.25) is 0 Å². The van der Waals surface area contributed by atoms with Gasteiger partial charge in [-0.25, -0.2) is 4.79 Å². The smallest absolute Gasteiger partial charge is 0.335 e. The summed E-state index contributed by atoms with van der Waals surface area (Å²) in [7, 11) is -1.27. The summed E-state index contributed by atoms with van der Waals surface area (Å²) in [6.45, 7) is 0. The zero-order chi connectivity index (χ0) is 13.8. The molecule has 1 aromatic rings. The first-order chi connectivity index (χ1) is 9.06. The number of benzene rings is 1. The fourth-order valence-corrected chi connectivity index (χ4v) is 2.63. The van der Waals surface area contributed by atoms with Gasteiger partial charge in [-0.3, -0.25) is 9.00 Å². The minimum absolute atomic E-state index is 0.0713. The lowest BCUT2D eigenvalue weighted by molar-refractivity contribution is -0.120. The third-order valence-corrected chi connectivity index (χ3v) is 4.19. The van der Waals surface area contributed by atoms with Crippen molar-refractivity contribution in [2.45, 2.75) is 30.2 Å². The van der Waals surface area contributed by atoms with Crippen LogP contribution in [0.3, 0.4) is 0 Å². The van der Waals surface area contributed by atoms with Crippen molar-refractivity contribution in [3.63, 3.8) is 0 Å². The predicted molar refractivity (Wildman–Crippen MR) is 70.5 cm³/mol. The Balaban J connectivity index is 1.84. The van der Waals surface area contributed by atoms with E-state index in [-0.39, 0.29) is 23.6 Å². The van der Waals surface area contributed by atoms with Crippen molar-refractivity contribution in [2.24, 2.45) is 0 Å². The maximum absolute atomic E-state index is 11.9. The molecule has 0 heterocycles. The Labute approximate surface area is 113 Å². The normalized spacial score (nSPS) is 15.8. The fraction of sp³-hybridized carbons (Fsp3) is 0.385. The van der Waals surface area contributed by atoms with Crippen LogP contribution in [0.15, 0.2) is 29.2 Å². The minimum Gasteiger partial charge on any atom is -0.478 e. The SMILES string of the molecule is O=C(CCS(=O)c1ccc(C(=O)O)cc1)NC1CC1. The highest BCUT2D eigenvalue weighted by atomic mass is 32.2. The molecule has 1 saturated carbocycles. The zero-order valence-electron chi connectivity index (χ0n) is 10.3. The van der Waals surface area contributed by atoms with E-state index in [0.29, 0.717) is 10.9 Å². The van der Waals surface area contributed by atoms with Crippen LogP contribution < -0.4 is 5.32 Å². The van der Waals surface area contributed by atoms with Gasteiger partial charge in [-0.15, -0.1) is 0 Å². The van der Waals surface area contributed by atoms with E-state index in [0.717, 1.165) is 12.8 Å². The van der Waals surface area contributed by atoms with E-state index in [4.69, 9.17) is 5.11 Å². The Morgan fingerprint density at radius 2 is 1.89 bits per heavy atom. The highest BCUT2D eigenvalue weighted by molar-refractivity contribution is 7.85. The van der Waals surface area contributed by atoms with Crippen LogP contribution in [0.25, 0.3) is 0 Å². The average molecular weight is 281 g/mol. The molecule has 1 amide bonds. The lowest BCUT2D eigenvalue weighted by atomic mass is 10.2. The summed E-state index contributed by atoms with van der Waals surface area (Å²) in [5.41, 5.74) is 0.159. The van der Waals surface area contributed by atoms with Crippen molar-refractivity contribution in [3.05, 3.63) is 29.8 Å². The summed E-state index contributed by atoms with van der Waals surface area (Å²) in [5, 5.41) is 11.6. The molecule has 5 nitrogen and oxygen atoms in total. The lowest BCUT2D eigenvalue weighted by Gasteiger charge is -2.04. The van der Waals surface area contributed by atoms with Gasteiger partial charge < -0.3 is 10.4 Å². The first-order valence-electron chi connectivity index (χ1n) is 6.07. The molecule has 0 spiro atoms. The van der Waals surface area contributed by atoms with E-state index in [2.05, 4.69) is 5.32 Å². The van der Waals surface area contributed by atoms with E-state index in [1.807, 2.05) is 0 Å². The summed E-state index contributed by atoms with van der Waals surface area (Å²) in [5.74, 6) is -0.829.